The maximum Gasteiger partial charge on any atom is 0.293 e. The average molecular weight is 386 g/mol. The number of Topliss-reactive ketones (excluding diaryl/α,β-unsaturated/α-hetero) is 1. The Kier molecular flexibility index (Phi) is 4.89. The van der Waals surface area contributed by atoms with Gasteiger partial charge >= 0.3 is 0 Å². The normalized spacial score (nSPS) is 12.2. The summed E-state index contributed by atoms with van der Waals surface area (Å²) in [5.41, 5.74) is 3.69. The molecule has 4 aromatic rings. The summed E-state index contributed by atoms with van der Waals surface area (Å²) >= 11 is 0. The van der Waals surface area contributed by atoms with E-state index in [1.54, 1.807) is 29.1 Å². The van der Waals surface area contributed by atoms with Crippen LogP contribution >= 0.6 is 0 Å². The van der Waals surface area contributed by atoms with Gasteiger partial charge in [0.15, 0.2) is 18.2 Å². The first kappa shape index (κ1) is 18.9. The topological polar surface area (TPSA) is 55.0 Å². The van der Waals surface area contributed by atoms with Gasteiger partial charge in [0.2, 0.25) is 6.04 Å². The number of aromatic nitrogens is 2. The third-order valence-electron chi connectivity index (χ3n) is 5.41. The first-order valence-corrected chi connectivity index (χ1v) is 9.83. The van der Waals surface area contributed by atoms with E-state index in [0.29, 0.717) is 5.56 Å². The Labute approximate surface area is 169 Å². The zero-order valence-corrected chi connectivity index (χ0v) is 16.8. The number of ketones is 1. The lowest BCUT2D eigenvalue weighted by Gasteiger charge is -2.10. The lowest BCUT2D eigenvalue weighted by molar-refractivity contribution is -0.705. The SMILES string of the molecule is CCn1c2ccccc2c2cc(NC(=O)[C@@H](C)[n+]3cccc(C(C)=O)c3)ccc21. The molecule has 4 rings (SSSR count). The number of para-hydroxylation sites is 1. The van der Waals surface area contributed by atoms with Crippen molar-refractivity contribution in [3.63, 3.8) is 0 Å². The number of pyridine rings is 1. The van der Waals surface area contributed by atoms with Crippen LogP contribution in [-0.2, 0) is 11.3 Å². The van der Waals surface area contributed by atoms with E-state index >= 15 is 0 Å². The van der Waals surface area contributed by atoms with Crippen molar-refractivity contribution in [2.24, 2.45) is 0 Å². The van der Waals surface area contributed by atoms with Crippen molar-refractivity contribution >= 4 is 39.2 Å². The van der Waals surface area contributed by atoms with Gasteiger partial charge in [-0.3, -0.25) is 9.59 Å². The molecule has 29 heavy (non-hydrogen) atoms. The summed E-state index contributed by atoms with van der Waals surface area (Å²) in [4.78, 5) is 24.5. The van der Waals surface area contributed by atoms with Crippen LogP contribution in [-0.4, -0.2) is 16.3 Å². The molecule has 1 atom stereocenters. The molecule has 0 saturated heterocycles. The van der Waals surface area contributed by atoms with Crippen molar-refractivity contribution in [3.05, 3.63) is 72.6 Å². The van der Waals surface area contributed by atoms with Crippen LogP contribution in [0.25, 0.3) is 21.8 Å². The second-order valence-corrected chi connectivity index (χ2v) is 7.25. The molecule has 2 heterocycles. The van der Waals surface area contributed by atoms with E-state index < -0.39 is 6.04 Å². The van der Waals surface area contributed by atoms with E-state index in [4.69, 9.17) is 0 Å². The highest BCUT2D eigenvalue weighted by Crippen LogP contribution is 2.31. The zero-order chi connectivity index (χ0) is 20.5. The molecule has 0 unspecified atom stereocenters. The number of carbonyl (C=O) groups is 2. The lowest BCUT2D eigenvalue weighted by Crippen LogP contribution is -2.44. The summed E-state index contributed by atoms with van der Waals surface area (Å²) < 4.78 is 4.04. The number of amides is 1. The van der Waals surface area contributed by atoms with Gasteiger partial charge in [-0.05, 0) is 44.2 Å². The monoisotopic (exact) mass is 386 g/mol. The zero-order valence-electron chi connectivity index (χ0n) is 16.8. The van der Waals surface area contributed by atoms with Crippen molar-refractivity contribution in [1.29, 1.82) is 0 Å². The van der Waals surface area contributed by atoms with E-state index in [1.807, 2.05) is 31.2 Å². The molecule has 0 aliphatic carbocycles. The van der Waals surface area contributed by atoms with Crippen molar-refractivity contribution in [3.8, 4) is 0 Å². The molecule has 0 saturated carbocycles. The van der Waals surface area contributed by atoms with Crippen LogP contribution < -0.4 is 9.88 Å². The van der Waals surface area contributed by atoms with Gasteiger partial charge in [0.1, 0.15) is 0 Å². The van der Waals surface area contributed by atoms with Gasteiger partial charge in [-0.25, -0.2) is 0 Å². The van der Waals surface area contributed by atoms with Crippen LogP contribution in [0, 0.1) is 0 Å². The summed E-state index contributed by atoms with van der Waals surface area (Å²) in [6.45, 7) is 6.36. The maximum atomic E-state index is 12.8. The number of fused-ring (bicyclic) bond motifs is 3. The summed E-state index contributed by atoms with van der Waals surface area (Å²) in [7, 11) is 0. The number of benzene rings is 2. The van der Waals surface area contributed by atoms with Crippen LogP contribution in [0.15, 0.2) is 67.0 Å². The summed E-state index contributed by atoms with van der Waals surface area (Å²) in [5.74, 6) is -0.154. The fourth-order valence-electron chi connectivity index (χ4n) is 3.80. The molecule has 2 aromatic heterocycles. The fraction of sp³-hybridized carbons (Fsp3) is 0.208. The van der Waals surface area contributed by atoms with Gasteiger partial charge in [-0.15, -0.1) is 0 Å². The molecule has 5 heteroatoms. The van der Waals surface area contributed by atoms with E-state index in [-0.39, 0.29) is 11.7 Å². The number of hydrogen-bond acceptors (Lipinski definition) is 2. The van der Waals surface area contributed by atoms with Crippen LogP contribution in [0.3, 0.4) is 0 Å². The first-order chi connectivity index (χ1) is 14.0. The highest BCUT2D eigenvalue weighted by Gasteiger charge is 2.23. The predicted molar refractivity (Wildman–Crippen MR) is 115 cm³/mol. The van der Waals surface area contributed by atoms with Crippen molar-refractivity contribution in [2.45, 2.75) is 33.4 Å². The lowest BCUT2D eigenvalue weighted by atomic mass is 10.1. The summed E-state index contributed by atoms with van der Waals surface area (Å²) in [6, 6.07) is 17.4. The Hall–Kier alpha value is -3.47. The molecule has 2 aromatic carbocycles. The molecular formula is C24H24N3O2+. The van der Waals surface area contributed by atoms with Gasteiger partial charge in [-0.2, -0.15) is 4.57 Å². The fourth-order valence-corrected chi connectivity index (χ4v) is 3.80. The summed E-state index contributed by atoms with van der Waals surface area (Å²) in [5, 5.41) is 5.32. The minimum absolute atomic E-state index is 0.0234. The molecule has 0 fully saturated rings. The summed E-state index contributed by atoms with van der Waals surface area (Å²) in [6.07, 6.45) is 3.51. The number of carbonyl (C=O) groups excluding carboxylic acids is 2. The molecule has 5 nitrogen and oxygen atoms in total. The Morgan fingerprint density at radius 3 is 2.55 bits per heavy atom. The van der Waals surface area contributed by atoms with Crippen LogP contribution in [0.2, 0.25) is 0 Å². The van der Waals surface area contributed by atoms with Crippen molar-refractivity contribution in [2.75, 3.05) is 5.32 Å². The Morgan fingerprint density at radius 2 is 1.79 bits per heavy atom. The van der Waals surface area contributed by atoms with Crippen LogP contribution in [0.4, 0.5) is 5.69 Å². The Morgan fingerprint density at radius 1 is 1.03 bits per heavy atom. The van der Waals surface area contributed by atoms with E-state index in [0.717, 1.165) is 23.1 Å². The third-order valence-corrected chi connectivity index (χ3v) is 5.41. The second-order valence-electron chi connectivity index (χ2n) is 7.25. The standard InChI is InChI=1S/C24H23N3O2/c1-4-27-22-10-6-5-9-20(22)21-14-19(11-12-23(21)27)25-24(29)16(2)26-13-7-8-18(15-26)17(3)28/h5-16H,4H2,1-3H3/p+1/t16-/m1/s1. The molecule has 146 valence electrons. The molecule has 1 amide bonds. The van der Waals surface area contributed by atoms with E-state index in [2.05, 4.69) is 35.0 Å². The van der Waals surface area contributed by atoms with Crippen LogP contribution in [0.1, 0.15) is 37.2 Å². The highest BCUT2D eigenvalue weighted by atomic mass is 16.2. The molecule has 0 radical (unpaired) electrons. The highest BCUT2D eigenvalue weighted by molar-refractivity contribution is 6.09. The van der Waals surface area contributed by atoms with Crippen molar-refractivity contribution in [1.82, 2.24) is 4.57 Å². The number of nitrogens with one attached hydrogen (secondary N) is 1. The van der Waals surface area contributed by atoms with Crippen LogP contribution in [0.5, 0.6) is 0 Å². The molecule has 0 spiro atoms. The van der Waals surface area contributed by atoms with E-state index in [1.165, 1.54) is 17.8 Å². The Balaban J connectivity index is 1.65. The molecule has 0 bridgehead atoms. The Bertz CT molecular complexity index is 1240. The number of anilines is 1. The largest absolute Gasteiger partial charge is 0.341 e. The van der Waals surface area contributed by atoms with Crippen molar-refractivity contribution < 1.29 is 14.2 Å². The van der Waals surface area contributed by atoms with Gasteiger partial charge in [0.05, 0.1) is 5.56 Å². The van der Waals surface area contributed by atoms with Gasteiger partial charge in [0, 0.05) is 47.0 Å². The molecule has 0 aliphatic rings. The maximum absolute atomic E-state index is 12.8. The minimum Gasteiger partial charge on any atom is -0.341 e. The number of rotatable bonds is 5. The molecular weight excluding hydrogens is 362 g/mol. The van der Waals surface area contributed by atoms with Gasteiger partial charge in [-0.1, -0.05) is 18.2 Å². The van der Waals surface area contributed by atoms with E-state index in [9.17, 15) is 9.59 Å². The minimum atomic E-state index is -0.443. The number of aryl methyl sites for hydroxylation is 1. The van der Waals surface area contributed by atoms with Gasteiger partial charge < -0.3 is 9.88 Å². The smallest absolute Gasteiger partial charge is 0.293 e. The van der Waals surface area contributed by atoms with Gasteiger partial charge in [0.25, 0.3) is 5.91 Å². The molecule has 0 aliphatic heterocycles. The first-order valence-electron chi connectivity index (χ1n) is 9.83. The average Bonchev–Trinajstić information content (AvgIpc) is 3.06. The number of hydrogen-bond donors (Lipinski definition) is 1. The molecule has 1 N–H and O–H groups in total. The predicted octanol–water partition coefficient (Wildman–Crippen LogP) is 4.50. The quantitative estimate of drug-likeness (QED) is 0.405. The number of nitrogens with zero attached hydrogens (tertiary/aromatic N) is 2. The second kappa shape index (κ2) is 7.51. The third kappa shape index (κ3) is 3.40.